The van der Waals surface area contributed by atoms with Crippen molar-refractivity contribution in [2.24, 2.45) is 0 Å². The Morgan fingerprint density at radius 1 is 1.29 bits per heavy atom. The van der Waals surface area contributed by atoms with E-state index in [4.69, 9.17) is 9.52 Å². The molecule has 0 aliphatic heterocycles. The molecule has 0 fully saturated rings. The first kappa shape index (κ1) is 15.6. The number of para-hydroxylation sites is 1. The first-order valence-corrected chi connectivity index (χ1v) is 7.51. The number of carboxylic acids is 1. The van der Waals surface area contributed by atoms with Crippen molar-refractivity contribution >= 4 is 16.9 Å². The number of rotatable bonds is 8. The third-order valence-electron chi connectivity index (χ3n) is 3.71. The highest BCUT2D eigenvalue weighted by molar-refractivity contribution is 5.82. The molecule has 0 aliphatic rings. The first-order chi connectivity index (χ1) is 10.1. The van der Waals surface area contributed by atoms with Crippen molar-refractivity contribution in [1.29, 1.82) is 0 Å². The van der Waals surface area contributed by atoms with Crippen molar-refractivity contribution < 1.29 is 14.3 Å². The van der Waals surface area contributed by atoms with Crippen LogP contribution in [0.1, 0.15) is 37.5 Å². The molecule has 1 heterocycles. The van der Waals surface area contributed by atoms with E-state index in [-0.39, 0.29) is 6.42 Å². The Hall–Kier alpha value is -1.81. The van der Waals surface area contributed by atoms with Gasteiger partial charge in [0.05, 0.1) is 0 Å². The Morgan fingerprint density at radius 3 is 2.76 bits per heavy atom. The van der Waals surface area contributed by atoms with Crippen LogP contribution in [0.4, 0.5) is 0 Å². The second-order valence-electron chi connectivity index (χ2n) is 5.44. The Balaban J connectivity index is 2.00. The molecule has 21 heavy (non-hydrogen) atoms. The largest absolute Gasteiger partial charge is 0.481 e. The SMILES string of the molecule is CCc1oc2ccccc2c1CN(C)CCCCC(=O)O. The van der Waals surface area contributed by atoms with Gasteiger partial charge in [-0.25, -0.2) is 0 Å². The van der Waals surface area contributed by atoms with E-state index in [1.54, 1.807) is 0 Å². The molecule has 0 aliphatic carbocycles. The van der Waals surface area contributed by atoms with E-state index in [9.17, 15) is 4.79 Å². The van der Waals surface area contributed by atoms with Crippen LogP contribution < -0.4 is 0 Å². The standard InChI is InChI=1S/C17H23NO3/c1-3-15-14(13-8-4-5-9-16(13)21-15)12-18(2)11-7-6-10-17(19)20/h4-5,8-9H,3,6-7,10-12H2,1-2H3,(H,19,20). The molecule has 0 unspecified atom stereocenters. The lowest BCUT2D eigenvalue weighted by Gasteiger charge is -2.16. The van der Waals surface area contributed by atoms with Gasteiger partial charge < -0.3 is 14.4 Å². The normalized spacial score (nSPS) is 11.4. The molecule has 0 saturated heterocycles. The highest BCUT2D eigenvalue weighted by Crippen LogP contribution is 2.27. The predicted molar refractivity (Wildman–Crippen MR) is 83.4 cm³/mol. The number of aliphatic carboxylic acids is 1. The van der Waals surface area contributed by atoms with E-state index in [1.165, 1.54) is 10.9 Å². The van der Waals surface area contributed by atoms with Crippen LogP contribution in [-0.4, -0.2) is 29.6 Å². The molecule has 2 rings (SSSR count). The number of carbonyl (C=O) groups is 1. The van der Waals surface area contributed by atoms with Crippen LogP contribution in [0, 0.1) is 0 Å². The summed E-state index contributed by atoms with van der Waals surface area (Å²) in [7, 11) is 2.07. The van der Waals surface area contributed by atoms with Gasteiger partial charge in [-0.15, -0.1) is 0 Å². The maximum atomic E-state index is 10.5. The van der Waals surface area contributed by atoms with E-state index in [2.05, 4.69) is 24.9 Å². The van der Waals surface area contributed by atoms with Crippen molar-refractivity contribution in [2.45, 2.75) is 39.2 Å². The van der Waals surface area contributed by atoms with Gasteiger partial charge in [-0.3, -0.25) is 4.79 Å². The van der Waals surface area contributed by atoms with E-state index in [0.29, 0.717) is 0 Å². The highest BCUT2D eigenvalue weighted by Gasteiger charge is 2.14. The van der Waals surface area contributed by atoms with Crippen LogP contribution in [0.3, 0.4) is 0 Å². The van der Waals surface area contributed by atoms with Gasteiger partial charge in [-0.2, -0.15) is 0 Å². The lowest BCUT2D eigenvalue weighted by molar-refractivity contribution is -0.137. The van der Waals surface area contributed by atoms with Gasteiger partial charge in [-0.05, 0) is 32.5 Å². The monoisotopic (exact) mass is 289 g/mol. The van der Waals surface area contributed by atoms with Crippen LogP contribution in [0.2, 0.25) is 0 Å². The zero-order valence-corrected chi connectivity index (χ0v) is 12.8. The quantitative estimate of drug-likeness (QED) is 0.753. The fraction of sp³-hybridized carbons (Fsp3) is 0.471. The van der Waals surface area contributed by atoms with Gasteiger partial charge in [0, 0.05) is 30.3 Å². The number of unbranched alkanes of at least 4 members (excludes halogenated alkanes) is 1. The lowest BCUT2D eigenvalue weighted by atomic mass is 10.1. The second kappa shape index (κ2) is 7.27. The number of benzene rings is 1. The number of hydrogen-bond donors (Lipinski definition) is 1. The number of furan rings is 1. The lowest BCUT2D eigenvalue weighted by Crippen LogP contribution is -2.19. The maximum Gasteiger partial charge on any atom is 0.303 e. The van der Waals surface area contributed by atoms with Crippen molar-refractivity contribution in [1.82, 2.24) is 4.90 Å². The third-order valence-corrected chi connectivity index (χ3v) is 3.71. The number of aryl methyl sites for hydroxylation is 1. The zero-order chi connectivity index (χ0) is 15.2. The Bertz CT molecular complexity index is 603. The second-order valence-corrected chi connectivity index (χ2v) is 5.44. The molecular formula is C17H23NO3. The molecule has 0 bridgehead atoms. The topological polar surface area (TPSA) is 53.7 Å². The fourth-order valence-electron chi connectivity index (χ4n) is 2.62. The van der Waals surface area contributed by atoms with Crippen LogP contribution in [-0.2, 0) is 17.8 Å². The van der Waals surface area contributed by atoms with Crippen LogP contribution in [0.15, 0.2) is 28.7 Å². The van der Waals surface area contributed by atoms with Gasteiger partial charge in [0.2, 0.25) is 0 Å². The Labute approximate surface area is 125 Å². The molecule has 0 saturated carbocycles. The van der Waals surface area contributed by atoms with Gasteiger partial charge in [-0.1, -0.05) is 25.1 Å². The maximum absolute atomic E-state index is 10.5. The number of carboxylic acid groups (broad SMARTS) is 1. The van der Waals surface area contributed by atoms with E-state index in [0.717, 1.165) is 43.7 Å². The van der Waals surface area contributed by atoms with Crippen LogP contribution in [0.25, 0.3) is 11.0 Å². The molecule has 114 valence electrons. The van der Waals surface area contributed by atoms with Crippen molar-refractivity contribution in [2.75, 3.05) is 13.6 Å². The van der Waals surface area contributed by atoms with Gasteiger partial charge in [0.1, 0.15) is 11.3 Å². The summed E-state index contributed by atoms with van der Waals surface area (Å²) in [6.07, 6.45) is 2.77. The van der Waals surface area contributed by atoms with Crippen LogP contribution >= 0.6 is 0 Å². The number of nitrogens with zero attached hydrogens (tertiary/aromatic N) is 1. The van der Waals surface area contributed by atoms with Gasteiger partial charge >= 0.3 is 5.97 Å². The summed E-state index contributed by atoms with van der Waals surface area (Å²) in [6, 6.07) is 8.13. The summed E-state index contributed by atoms with van der Waals surface area (Å²) in [6.45, 7) is 3.84. The molecule has 1 aromatic heterocycles. The summed E-state index contributed by atoms with van der Waals surface area (Å²) in [5.41, 5.74) is 2.21. The highest BCUT2D eigenvalue weighted by atomic mass is 16.4. The molecule has 1 N–H and O–H groups in total. The smallest absolute Gasteiger partial charge is 0.303 e. The summed E-state index contributed by atoms with van der Waals surface area (Å²) in [5, 5.41) is 9.83. The summed E-state index contributed by atoms with van der Waals surface area (Å²) >= 11 is 0. The number of hydrogen-bond acceptors (Lipinski definition) is 3. The molecule has 2 aromatic rings. The summed E-state index contributed by atoms with van der Waals surface area (Å²) in [4.78, 5) is 12.7. The minimum absolute atomic E-state index is 0.253. The Kier molecular flexibility index (Phi) is 5.39. The molecule has 4 heteroatoms. The molecule has 4 nitrogen and oxygen atoms in total. The third kappa shape index (κ3) is 4.08. The van der Waals surface area contributed by atoms with Crippen molar-refractivity contribution in [3.8, 4) is 0 Å². The Morgan fingerprint density at radius 2 is 2.05 bits per heavy atom. The molecule has 0 radical (unpaired) electrons. The van der Waals surface area contributed by atoms with Gasteiger partial charge in [0.15, 0.2) is 0 Å². The average Bonchev–Trinajstić information content (AvgIpc) is 2.81. The van der Waals surface area contributed by atoms with Crippen LogP contribution in [0.5, 0.6) is 0 Å². The van der Waals surface area contributed by atoms with Crippen molar-refractivity contribution in [3.05, 3.63) is 35.6 Å². The molecule has 0 spiro atoms. The number of fused-ring (bicyclic) bond motifs is 1. The van der Waals surface area contributed by atoms with E-state index < -0.39 is 5.97 Å². The fourth-order valence-corrected chi connectivity index (χ4v) is 2.62. The molecule has 0 atom stereocenters. The molecule has 0 amide bonds. The summed E-state index contributed by atoms with van der Waals surface area (Å²) < 4.78 is 5.90. The van der Waals surface area contributed by atoms with Crippen molar-refractivity contribution in [3.63, 3.8) is 0 Å². The molecular weight excluding hydrogens is 266 g/mol. The zero-order valence-electron chi connectivity index (χ0n) is 12.8. The first-order valence-electron chi connectivity index (χ1n) is 7.51. The van der Waals surface area contributed by atoms with Gasteiger partial charge in [0.25, 0.3) is 0 Å². The summed E-state index contributed by atoms with van der Waals surface area (Å²) in [5.74, 6) is 0.334. The predicted octanol–water partition coefficient (Wildman–Crippen LogP) is 3.68. The molecule has 1 aromatic carbocycles. The van der Waals surface area contributed by atoms with E-state index in [1.807, 2.05) is 18.2 Å². The van der Waals surface area contributed by atoms with E-state index >= 15 is 0 Å². The minimum atomic E-state index is -0.716. The minimum Gasteiger partial charge on any atom is -0.481 e. The average molecular weight is 289 g/mol.